The van der Waals surface area contributed by atoms with E-state index in [4.69, 9.17) is 5.73 Å². The van der Waals surface area contributed by atoms with E-state index >= 15 is 0 Å². The number of hydrogen-bond donors (Lipinski definition) is 1. The lowest BCUT2D eigenvalue weighted by Crippen LogP contribution is -2.54. The third kappa shape index (κ3) is 2.48. The van der Waals surface area contributed by atoms with Gasteiger partial charge in [-0.1, -0.05) is 20.3 Å². The van der Waals surface area contributed by atoms with E-state index in [9.17, 15) is 0 Å². The monoisotopic (exact) mass is 198 g/mol. The molecule has 2 nitrogen and oxygen atoms in total. The summed E-state index contributed by atoms with van der Waals surface area (Å²) in [6, 6.07) is 0. The fraction of sp³-hybridized carbons (Fsp3) is 1.00. The summed E-state index contributed by atoms with van der Waals surface area (Å²) < 4.78 is 0. The van der Waals surface area contributed by atoms with Gasteiger partial charge >= 0.3 is 0 Å². The topological polar surface area (TPSA) is 29.3 Å². The van der Waals surface area contributed by atoms with E-state index in [0.717, 1.165) is 12.5 Å². The lowest BCUT2D eigenvalue weighted by molar-refractivity contribution is 0.0558. The minimum Gasteiger partial charge on any atom is -0.329 e. The molecule has 1 saturated heterocycles. The molecule has 0 aromatic heterocycles. The summed E-state index contributed by atoms with van der Waals surface area (Å²) in [5, 5.41) is 0. The molecule has 1 fully saturated rings. The van der Waals surface area contributed by atoms with Gasteiger partial charge in [0, 0.05) is 18.6 Å². The molecule has 0 aromatic rings. The molecule has 84 valence electrons. The largest absolute Gasteiger partial charge is 0.329 e. The van der Waals surface area contributed by atoms with E-state index in [1.807, 2.05) is 0 Å². The first kappa shape index (κ1) is 12.0. The molecule has 0 radical (unpaired) electrons. The fourth-order valence-electron chi connectivity index (χ4n) is 2.39. The summed E-state index contributed by atoms with van der Waals surface area (Å²) >= 11 is 0. The van der Waals surface area contributed by atoms with E-state index < -0.39 is 0 Å². The van der Waals surface area contributed by atoms with Crippen molar-refractivity contribution in [3.63, 3.8) is 0 Å². The number of piperidine rings is 1. The van der Waals surface area contributed by atoms with Gasteiger partial charge < -0.3 is 5.73 Å². The minimum atomic E-state index is 0.244. The molecule has 0 amide bonds. The van der Waals surface area contributed by atoms with Crippen molar-refractivity contribution in [1.29, 1.82) is 0 Å². The number of nitrogens with zero attached hydrogens (tertiary/aromatic N) is 1. The second kappa shape index (κ2) is 5.13. The van der Waals surface area contributed by atoms with Crippen LogP contribution in [0.15, 0.2) is 0 Å². The predicted molar refractivity (Wildman–Crippen MR) is 62.3 cm³/mol. The summed E-state index contributed by atoms with van der Waals surface area (Å²) in [6.45, 7) is 10.2. The van der Waals surface area contributed by atoms with Crippen LogP contribution in [0.3, 0.4) is 0 Å². The van der Waals surface area contributed by atoms with Crippen molar-refractivity contribution in [2.75, 3.05) is 19.6 Å². The number of hydrogen-bond acceptors (Lipinski definition) is 2. The van der Waals surface area contributed by atoms with Crippen LogP contribution in [0.4, 0.5) is 0 Å². The van der Waals surface area contributed by atoms with Gasteiger partial charge in [0.15, 0.2) is 0 Å². The zero-order chi connectivity index (χ0) is 10.6. The molecule has 1 rings (SSSR count). The Hall–Kier alpha value is -0.0800. The zero-order valence-corrected chi connectivity index (χ0v) is 10.1. The summed E-state index contributed by atoms with van der Waals surface area (Å²) in [5.74, 6) is 0.904. The van der Waals surface area contributed by atoms with Crippen molar-refractivity contribution in [1.82, 2.24) is 4.90 Å². The normalized spacial score (nSPS) is 28.7. The van der Waals surface area contributed by atoms with E-state index in [2.05, 4.69) is 25.7 Å². The Morgan fingerprint density at radius 3 is 2.64 bits per heavy atom. The molecule has 2 atom stereocenters. The Morgan fingerprint density at radius 2 is 2.14 bits per heavy atom. The van der Waals surface area contributed by atoms with Gasteiger partial charge in [0.2, 0.25) is 0 Å². The Labute approximate surface area is 88.8 Å². The molecule has 2 N–H and O–H groups in total. The molecular weight excluding hydrogens is 172 g/mol. The highest BCUT2D eigenvalue weighted by Crippen LogP contribution is 2.27. The van der Waals surface area contributed by atoms with Crippen molar-refractivity contribution in [3.05, 3.63) is 0 Å². The minimum absolute atomic E-state index is 0.244. The summed E-state index contributed by atoms with van der Waals surface area (Å²) in [4.78, 5) is 2.62. The van der Waals surface area contributed by atoms with Gasteiger partial charge in [-0.15, -0.1) is 0 Å². The van der Waals surface area contributed by atoms with E-state index in [-0.39, 0.29) is 5.54 Å². The predicted octanol–water partition coefficient (Wildman–Crippen LogP) is 2.24. The smallest absolute Gasteiger partial charge is 0.0301 e. The first-order chi connectivity index (χ1) is 6.66. The first-order valence-corrected chi connectivity index (χ1v) is 6.11. The lowest BCUT2D eigenvalue weighted by atomic mass is 9.89. The maximum atomic E-state index is 5.89. The van der Waals surface area contributed by atoms with Gasteiger partial charge in [-0.25, -0.2) is 0 Å². The van der Waals surface area contributed by atoms with Crippen LogP contribution in [-0.2, 0) is 0 Å². The highest BCUT2D eigenvalue weighted by atomic mass is 15.2. The highest BCUT2D eigenvalue weighted by molar-refractivity contribution is 4.89. The first-order valence-electron chi connectivity index (χ1n) is 6.11. The maximum absolute atomic E-state index is 5.89. The van der Waals surface area contributed by atoms with Crippen molar-refractivity contribution in [2.45, 2.75) is 52.0 Å². The molecule has 0 bridgehead atoms. The van der Waals surface area contributed by atoms with Crippen LogP contribution < -0.4 is 5.73 Å². The van der Waals surface area contributed by atoms with E-state index in [1.165, 1.54) is 38.8 Å². The molecule has 0 aromatic carbocycles. The molecular formula is C12H26N2. The lowest BCUT2D eigenvalue weighted by Gasteiger charge is -2.44. The Morgan fingerprint density at radius 1 is 1.43 bits per heavy atom. The van der Waals surface area contributed by atoms with Gasteiger partial charge in [0.25, 0.3) is 0 Å². The number of likely N-dealkylation sites (tertiary alicyclic amines) is 1. The third-order valence-electron chi connectivity index (χ3n) is 4.06. The number of nitrogens with two attached hydrogens (primary N) is 1. The van der Waals surface area contributed by atoms with Crippen LogP contribution in [0, 0.1) is 5.92 Å². The molecule has 0 spiro atoms. The van der Waals surface area contributed by atoms with Gasteiger partial charge in [-0.05, 0) is 38.6 Å². The SMILES string of the molecule is CCC1CCCN(C(C)(CC)CN)C1. The van der Waals surface area contributed by atoms with Gasteiger partial charge in [0.05, 0.1) is 0 Å². The molecule has 0 aliphatic carbocycles. The average molecular weight is 198 g/mol. The Bertz CT molecular complexity index is 164. The van der Waals surface area contributed by atoms with E-state index in [1.54, 1.807) is 0 Å². The van der Waals surface area contributed by atoms with Crippen LogP contribution in [0.2, 0.25) is 0 Å². The fourth-order valence-corrected chi connectivity index (χ4v) is 2.39. The molecule has 1 aliphatic rings. The standard InChI is InChI=1S/C12H26N2/c1-4-11-7-6-8-14(9-11)12(3,5-2)10-13/h11H,4-10,13H2,1-3H3. The second-order valence-electron chi connectivity index (χ2n) is 4.92. The van der Waals surface area contributed by atoms with Crippen molar-refractivity contribution >= 4 is 0 Å². The van der Waals surface area contributed by atoms with Crippen LogP contribution in [0.5, 0.6) is 0 Å². The Balaban J connectivity index is 2.57. The van der Waals surface area contributed by atoms with Crippen LogP contribution in [0.25, 0.3) is 0 Å². The summed E-state index contributed by atoms with van der Waals surface area (Å²) in [5.41, 5.74) is 6.14. The zero-order valence-electron chi connectivity index (χ0n) is 10.1. The van der Waals surface area contributed by atoms with Crippen molar-refractivity contribution < 1.29 is 0 Å². The molecule has 1 aliphatic heterocycles. The molecule has 2 heteroatoms. The highest BCUT2D eigenvalue weighted by Gasteiger charge is 2.31. The van der Waals surface area contributed by atoms with Crippen LogP contribution >= 0.6 is 0 Å². The van der Waals surface area contributed by atoms with Gasteiger partial charge in [-0.2, -0.15) is 0 Å². The molecule has 1 heterocycles. The van der Waals surface area contributed by atoms with Crippen LogP contribution in [-0.4, -0.2) is 30.1 Å². The van der Waals surface area contributed by atoms with E-state index in [0.29, 0.717) is 0 Å². The second-order valence-corrected chi connectivity index (χ2v) is 4.92. The average Bonchev–Trinajstić information content (AvgIpc) is 2.28. The maximum Gasteiger partial charge on any atom is 0.0301 e. The third-order valence-corrected chi connectivity index (χ3v) is 4.06. The van der Waals surface area contributed by atoms with Crippen molar-refractivity contribution in [2.24, 2.45) is 11.7 Å². The Kier molecular flexibility index (Phi) is 4.39. The molecule has 2 unspecified atom stereocenters. The summed E-state index contributed by atoms with van der Waals surface area (Å²) in [7, 11) is 0. The molecule has 0 saturated carbocycles. The molecule has 14 heavy (non-hydrogen) atoms. The van der Waals surface area contributed by atoms with Gasteiger partial charge in [0.1, 0.15) is 0 Å². The van der Waals surface area contributed by atoms with Crippen molar-refractivity contribution in [3.8, 4) is 0 Å². The quantitative estimate of drug-likeness (QED) is 0.750. The number of rotatable bonds is 4. The van der Waals surface area contributed by atoms with Crippen LogP contribution in [0.1, 0.15) is 46.5 Å². The summed E-state index contributed by atoms with van der Waals surface area (Å²) in [6.07, 6.45) is 5.26. The van der Waals surface area contributed by atoms with Gasteiger partial charge in [-0.3, -0.25) is 4.90 Å².